The zero-order chi connectivity index (χ0) is 15.1. The van der Waals surface area contributed by atoms with E-state index in [4.69, 9.17) is 0 Å². The van der Waals surface area contributed by atoms with Gasteiger partial charge in [0.1, 0.15) is 0 Å². The number of nitrogens with zero attached hydrogens (tertiary/aromatic N) is 1. The fraction of sp³-hybridized carbons (Fsp3) is 1.00. The minimum Gasteiger partial charge on any atom is -0.311 e. The van der Waals surface area contributed by atoms with Crippen molar-refractivity contribution in [3.8, 4) is 0 Å². The van der Waals surface area contributed by atoms with Gasteiger partial charge in [-0.1, -0.05) is 54.4 Å². The van der Waals surface area contributed by atoms with Gasteiger partial charge in [0.2, 0.25) is 0 Å². The van der Waals surface area contributed by atoms with Gasteiger partial charge in [-0.05, 0) is 30.6 Å². The van der Waals surface area contributed by atoms with Crippen LogP contribution in [0, 0.1) is 17.8 Å². The molecule has 4 unspecified atom stereocenters. The average molecular weight is 283 g/mol. The van der Waals surface area contributed by atoms with Gasteiger partial charge in [0, 0.05) is 31.7 Å². The second kappa shape index (κ2) is 9.04. The van der Waals surface area contributed by atoms with E-state index < -0.39 is 0 Å². The van der Waals surface area contributed by atoms with Crippen LogP contribution in [0.25, 0.3) is 0 Å². The maximum absolute atomic E-state index is 3.81. The first-order chi connectivity index (χ1) is 9.47. The van der Waals surface area contributed by atoms with Crippen LogP contribution >= 0.6 is 0 Å². The van der Waals surface area contributed by atoms with Crippen molar-refractivity contribution < 1.29 is 0 Å². The molecule has 1 rings (SSSR count). The molecule has 2 heteroatoms. The summed E-state index contributed by atoms with van der Waals surface area (Å²) in [6.07, 6.45) is 5.29. The molecule has 0 spiro atoms. The van der Waals surface area contributed by atoms with E-state index in [1.807, 2.05) is 0 Å². The number of hydrogen-bond acceptors (Lipinski definition) is 2. The first kappa shape index (κ1) is 18.0. The topological polar surface area (TPSA) is 15.3 Å². The number of rotatable bonds is 8. The van der Waals surface area contributed by atoms with Crippen molar-refractivity contribution in [3.05, 3.63) is 0 Å². The Morgan fingerprint density at radius 1 is 1.15 bits per heavy atom. The van der Waals surface area contributed by atoms with Gasteiger partial charge in [0.05, 0.1) is 0 Å². The third-order valence-corrected chi connectivity index (χ3v) is 4.92. The van der Waals surface area contributed by atoms with E-state index in [0.717, 1.165) is 23.8 Å². The molecule has 0 aromatic rings. The van der Waals surface area contributed by atoms with E-state index in [1.165, 1.54) is 45.3 Å². The van der Waals surface area contributed by atoms with E-state index in [-0.39, 0.29) is 0 Å². The molecule has 4 atom stereocenters. The summed E-state index contributed by atoms with van der Waals surface area (Å²) in [5.74, 6) is 2.43. The van der Waals surface area contributed by atoms with Crippen LogP contribution in [0.4, 0.5) is 0 Å². The second-order valence-corrected chi connectivity index (χ2v) is 7.54. The van der Waals surface area contributed by atoms with Crippen LogP contribution in [0.5, 0.6) is 0 Å². The number of piperazine rings is 1. The van der Waals surface area contributed by atoms with E-state index in [2.05, 4.69) is 51.8 Å². The Hall–Kier alpha value is -0.0800. The Balaban J connectivity index is 2.62. The lowest BCUT2D eigenvalue weighted by Gasteiger charge is -2.44. The summed E-state index contributed by atoms with van der Waals surface area (Å²) in [7, 11) is 0. The molecule has 0 aliphatic carbocycles. The van der Waals surface area contributed by atoms with Crippen molar-refractivity contribution in [1.29, 1.82) is 0 Å². The zero-order valence-corrected chi connectivity index (χ0v) is 14.8. The zero-order valence-electron chi connectivity index (χ0n) is 14.8. The first-order valence-corrected chi connectivity index (χ1v) is 8.95. The molecule has 0 amide bonds. The van der Waals surface area contributed by atoms with Gasteiger partial charge in [-0.15, -0.1) is 0 Å². The summed E-state index contributed by atoms with van der Waals surface area (Å²) >= 11 is 0. The predicted octanol–water partition coefficient (Wildman–Crippen LogP) is 4.16. The molecular formula is C18H38N2. The normalized spacial score (nSPS) is 27.8. The van der Waals surface area contributed by atoms with Crippen molar-refractivity contribution in [3.63, 3.8) is 0 Å². The number of nitrogens with one attached hydrogen (secondary N) is 1. The van der Waals surface area contributed by atoms with Crippen LogP contribution in [0.3, 0.4) is 0 Å². The number of hydrogen-bond donors (Lipinski definition) is 1. The Labute approximate surface area is 127 Å². The standard InChI is InChI=1S/C18H38N2/c1-7-9-15(5)12-20-13-17(10-14(3)4)19-11-18(20)16(6)8-2/h14-19H,7-13H2,1-6H3. The van der Waals surface area contributed by atoms with Crippen LogP contribution < -0.4 is 5.32 Å². The van der Waals surface area contributed by atoms with Gasteiger partial charge in [0.25, 0.3) is 0 Å². The molecule has 2 nitrogen and oxygen atoms in total. The summed E-state index contributed by atoms with van der Waals surface area (Å²) in [6, 6.07) is 1.44. The molecule has 0 saturated carbocycles. The molecule has 20 heavy (non-hydrogen) atoms. The lowest BCUT2D eigenvalue weighted by molar-refractivity contribution is 0.0712. The largest absolute Gasteiger partial charge is 0.311 e. The highest BCUT2D eigenvalue weighted by atomic mass is 15.2. The molecule has 0 bridgehead atoms. The molecule has 0 aromatic heterocycles. The highest BCUT2D eigenvalue weighted by Crippen LogP contribution is 2.22. The molecule has 1 heterocycles. The second-order valence-electron chi connectivity index (χ2n) is 7.54. The molecule has 1 saturated heterocycles. The Kier molecular flexibility index (Phi) is 8.13. The van der Waals surface area contributed by atoms with E-state index in [9.17, 15) is 0 Å². The highest BCUT2D eigenvalue weighted by molar-refractivity contribution is 4.89. The average Bonchev–Trinajstić information content (AvgIpc) is 2.37. The monoisotopic (exact) mass is 282 g/mol. The Bertz CT molecular complexity index is 252. The fourth-order valence-electron chi connectivity index (χ4n) is 3.65. The molecule has 1 aliphatic heterocycles. The van der Waals surface area contributed by atoms with Crippen LogP contribution in [-0.4, -0.2) is 36.6 Å². The molecule has 0 radical (unpaired) electrons. The van der Waals surface area contributed by atoms with Crippen molar-refractivity contribution in [2.24, 2.45) is 17.8 Å². The summed E-state index contributed by atoms with van der Waals surface area (Å²) in [6.45, 7) is 17.9. The third-order valence-electron chi connectivity index (χ3n) is 4.92. The Morgan fingerprint density at radius 3 is 2.40 bits per heavy atom. The molecule has 1 aliphatic rings. The van der Waals surface area contributed by atoms with Gasteiger partial charge in [-0.25, -0.2) is 0 Å². The smallest absolute Gasteiger partial charge is 0.0246 e. The minimum absolute atomic E-state index is 0.698. The molecule has 0 aromatic carbocycles. The maximum Gasteiger partial charge on any atom is 0.0246 e. The van der Waals surface area contributed by atoms with Crippen molar-refractivity contribution in [2.75, 3.05) is 19.6 Å². The van der Waals surface area contributed by atoms with E-state index in [0.29, 0.717) is 6.04 Å². The SMILES string of the molecule is CCCC(C)CN1CC(CC(C)C)NCC1C(C)CC. The molecular weight excluding hydrogens is 244 g/mol. The summed E-state index contributed by atoms with van der Waals surface area (Å²) in [5, 5.41) is 3.81. The molecule has 1 N–H and O–H groups in total. The maximum atomic E-state index is 3.81. The minimum atomic E-state index is 0.698. The van der Waals surface area contributed by atoms with E-state index >= 15 is 0 Å². The van der Waals surface area contributed by atoms with Gasteiger partial charge >= 0.3 is 0 Å². The Morgan fingerprint density at radius 2 is 1.85 bits per heavy atom. The van der Waals surface area contributed by atoms with Gasteiger partial charge in [-0.3, -0.25) is 4.90 Å². The molecule has 120 valence electrons. The van der Waals surface area contributed by atoms with Crippen LogP contribution in [-0.2, 0) is 0 Å². The summed E-state index contributed by atoms with van der Waals surface area (Å²) in [4.78, 5) is 2.80. The van der Waals surface area contributed by atoms with E-state index in [1.54, 1.807) is 0 Å². The lowest BCUT2D eigenvalue weighted by Crippen LogP contribution is -2.59. The van der Waals surface area contributed by atoms with Crippen molar-refractivity contribution in [1.82, 2.24) is 10.2 Å². The highest BCUT2D eigenvalue weighted by Gasteiger charge is 2.31. The lowest BCUT2D eigenvalue weighted by atomic mass is 9.91. The van der Waals surface area contributed by atoms with Crippen molar-refractivity contribution in [2.45, 2.75) is 79.3 Å². The van der Waals surface area contributed by atoms with Crippen LogP contribution in [0.1, 0.15) is 67.2 Å². The summed E-state index contributed by atoms with van der Waals surface area (Å²) in [5.41, 5.74) is 0. The van der Waals surface area contributed by atoms with Gasteiger partial charge in [-0.2, -0.15) is 0 Å². The fourth-order valence-corrected chi connectivity index (χ4v) is 3.65. The van der Waals surface area contributed by atoms with Gasteiger partial charge < -0.3 is 5.32 Å². The van der Waals surface area contributed by atoms with Crippen molar-refractivity contribution >= 4 is 0 Å². The predicted molar refractivity (Wildman–Crippen MR) is 90.1 cm³/mol. The quantitative estimate of drug-likeness (QED) is 0.719. The van der Waals surface area contributed by atoms with Gasteiger partial charge in [0.15, 0.2) is 0 Å². The van der Waals surface area contributed by atoms with Crippen LogP contribution in [0.15, 0.2) is 0 Å². The third kappa shape index (κ3) is 5.73. The molecule has 1 fully saturated rings. The first-order valence-electron chi connectivity index (χ1n) is 8.95. The summed E-state index contributed by atoms with van der Waals surface area (Å²) < 4.78 is 0. The van der Waals surface area contributed by atoms with Crippen LogP contribution in [0.2, 0.25) is 0 Å².